The van der Waals surface area contributed by atoms with E-state index < -0.39 is 5.60 Å². The van der Waals surface area contributed by atoms with Gasteiger partial charge in [0.15, 0.2) is 0 Å². The van der Waals surface area contributed by atoms with Gasteiger partial charge in [-0.05, 0) is 51.6 Å². The molecule has 1 saturated heterocycles. The molecule has 1 spiro atoms. The molecule has 4 heteroatoms. The fourth-order valence-corrected chi connectivity index (χ4v) is 3.99. The van der Waals surface area contributed by atoms with Crippen LogP contribution in [-0.4, -0.2) is 60.1 Å². The molecule has 1 atom stereocenters. The zero-order valence-electron chi connectivity index (χ0n) is 12.2. The predicted molar refractivity (Wildman–Crippen MR) is 73.7 cm³/mol. The predicted octanol–water partition coefficient (Wildman–Crippen LogP) is 1.09. The molecule has 0 unspecified atom stereocenters. The summed E-state index contributed by atoms with van der Waals surface area (Å²) in [6.45, 7) is 2.16. The van der Waals surface area contributed by atoms with Crippen LogP contribution >= 0.6 is 0 Å². The smallest absolute Gasteiger partial charge is 0.226 e. The summed E-state index contributed by atoms with van der Waals surface area (Å²) in [4.78, 5) is 16.5. The van der Waals surface area contributed by atoms with Crippen LogP contribution in [0.2, 0.25) is 0 Å². The summed E-state index contributed by atoms with van der Waals surface area (Å²) < 4.78 is 0. The number of aliphatic hydroxyl groups is 1. The highest BCUT2D eigenvalue weighted by Gasteiger charge is 2.61. The summed E-state index contributed by atoms with van der Waals surface area (Å²) in [5, 5.41) is 10.5. The monoisotopic (exact) mass is 266 g/mol. The molecule has 0 bridgehead atoms. The van der Waals surface area contributed by atoms with Gasteiger partial charge in [-0.2, -0.15) is 0 Å². The van der Waals surface area contributed by atoms with E-state index in [2.05, 4.69) is 0 Å². The number of piperidine rings is 1. The van der Waals surface area contributed by atoms with E-state index in [1.165, 1.54) is 19.3 Å². The van der Waals surface area contributed by atoms with Crippen LogP contribution in [0.15, 0.2) is 0 Å². The maximum absolute atomic E-state index is 12.4. The second-order valence-electron chi connectivity index (χ2n) is 7.26. The largest absolute Gasteiger partial charge is 0.388 e. The Morgan fingerprint density at radius 3 is 2.32 bits per heavy atom. The van der Waals surface area contributed by atoms with Crippen LogP contribution in [0, 0.1) is 11.3 Å². The van der Waals surface area contributed by atoms with Crippen molar-refractivity contribution in [2.45, 2.75) is 44.1 Å². The first-order valence-corrected chi connectivity index (χ1v) is 7.60. The molecule has 0 aromatic rings. The molecule has 0 aromatic carbocycles. The molecule has 1 N–H and O–H groups in total. The Balaban J connectivity index is 1.51. The molecule has 0 aromatic heterocycles. The Hall–Kier alpha value is -0.610. The number of hydrogen-bond donors (Lipinski definition) is 1. The molecule has 0 radical (unpaired) electrons. The normalized spacial score (nSPS) is 31.4. The number of carbonyl (C=O) groups excluding carboxylic acids is 1. The van der Waals surface area contributed by atoms with Crippen LogP contribution in [0.5, 0.6) is 0 Å². The lowest BCUT2D eigenvalue weighted by molar-refractivity contribution is -0.138. The van der Waals surface area contributed by atoms with Crippen LogP contribution in [-0.2, 0) is 4.79 Å². The maximum Gasteiger partial charge on any atom is 0.226 e. The number of nitrogens with zero attached hydrogens (tertiary/aromatic N) is 2. The van der Waals surface area contributed by atoms with Gasteiger partial charge in [0, 0.05) is 25.6 Å². The molecule has 19 heavy (non-hydrogen) atoms. The summed E-state index contributed by atoms with van der Waals surface area (Å²) in [7, 11) is 3.97. The fourth-order valence-electron chi connectivity index (χ4n) is 3.99. The summed E-state index contributed by atoms with van der Waals surface area (Å²) in [5.74, 6) is 0.688. The molecule has 1 amide bonds. The van der Waals surface area contributed by atoms with Gasteiger partial charge < -0.3 is 14.9 Å². The van der Waals surface area contributed by atoms with E-state index in [1.54, 1.807) is 0 Å². The van der Waals surface area contributed by atoms with Gasteiger partial charge in [0.1, 0.15) is 0 Å². The van der Waals surface area contributed by atoms with Gasteiger partial charge in [-0.3, -0.25) is 4.79 Å². The summed E-state index contributed by atoms with van der Waals surface area (Å²) in [6, 6.07) is 0. The third-order valence-corrected chi connectivity index (χ3v) is 5.45. The van der Waals surface area contributed by atoms with E-state index in [1.807, 2.05) is 23.9 Å². The maximum atomic E-state index is 12.4. The van der Waals surface area contributed by atoms with Gasteiger partial charge in [-0.25, -0.2) is 0 Å². The third kappa shape index (κ3) is 2.40. The standard InChI is InChI=1S/C15H26N2O2/c1-16(2)11-15(19)6-8-17(9-7-15)13(18)12-10-14(12)4-3-5-14/h12,19H,3-11H2,1-2H3/t12-/m0/s1. The molecular formula is C15H26N2O2. The lowest BCUT2D eigenvalue weighted by Gasteiger charge is -2.40. The van der Waals surface area contributed by atoms with Crippen molar-refractivity contribution in [2.75, 3.05) is 33.7 Å². The highest BCUT2D eigenvalue weighted by molar-refractivity contribution is 5.83. The number of rotatable bonds is 3. The van der Waals surface area contributed by atoms with Crippen molar-refractivity contribution in [3.63, 3.8) is 0 Å². The molecule has 2 aliphatic carbocycles. The SMILES string of the molecule is CN(C)CC1(O)CCN(C(=O)[C@@H]2CC23CCC3)CC1. The van der Waals surface area contributed by atoms with E-state index in [9.17, 15) is 9.90 Å². The lowest BCUT2D eigenvalue weighted by Crippen LogP contribution is -2.51. The minimum atomic E-state index is -0.599. The minimum Gasteiger partial charge on any atom is -0.388 e. The van der Waals surface area contributed by atoms with Crippen LogP contribution in [0.3, 0.4) is 0 Å². The van der Waals surface area contributed by atoms with E-state index in [0.29, 0.717) is 23.8 Å². The number of amides is 1. The first-order chi connectivity index (χ1) is 8.94. The zero-order valence-corrected chi connectivity index (χ0v) is 12.2. The van der Waals surface area contributed by atoms with Crippen LogP contribution in [0.1, 0.15) is 38.5 Å². The Labute approximate surface area is 115 Å². The Kier molecular flexibility index (Phi) is 3.13. The number of likely N-dealkylation sites (tertiary alicyclic amines) is 1. The van der Waals surface area contributed by atoms with Gasteiger partial charge in [-0.15, -0.1) is 0 Å². The molecule has 3 fully saturated rings. The molecule has 1 aliphatic heterocycles. The zero-order chi connectivity index (χ0) is 13.7. The second-order valence-corrected chi connectivity index (χ2v) is 7.26. The minimum absolute atomic E-state index is 0.321. The lowest BCUT2D eigenvalue weighted by atomic mass is 9.79. The van der Waals surface area contributed by atoms with Gasteiger partial charge in [0.05, 0.1) is 5.60 Å². The number of hydrogen-bond acceptors (Lipinski definition) is 3. The molecule has 1 heterocycles. The summed E-state index contributed by atoms with van der Waals surface area (Å²) in [6.07, 6.45) is 6.41. The Morgan fingerprint density at radius 2 is 1.89 bits per heavy atom. The van der Waals surface area contributed by atoms with E-state index in [-0.39, 0.29) is 0 Å². The van der Waals surface area contributed by atoms with Crippen LogP contribution in [0.4, 0.5) is 0 Å². The average molecular weight is 266 g/mol. The third-order valence-electron chi connectivity index (χ3n) is 5.45. The van der Waals surface area contributed by atoms with Crippen molar-refractivity contribution < 1.29 is 9.90 Å². The highest BCUT2D eigenvalue weighted by Crippen LogP contribution is 2.66. The molecule has 4 nitrogen and oxygen atoms in total. The molecule has 3 rings (SSSR count). The van der Waals surface area contributed by atoms with Crippen molar-refractivity contribution in [2.24, 2.45) is 11.3 Å². The molecule has 3 aliphatic rings. The fraction of sp³-hybridized carbons (Fsp3) is 0.933. The molecule has 108 valence electrons. The Bertz CT molecular complexity index is 368. The van der Waals surface area contributed by atoms with Crippen LogP contribution in [0.25, 0.3) is 0 Å². The van der Waals surface area contributed by atoms with Gasteiger partial charge >= 0.3 is 0 Å². The van der Waals surface area contributed by atoms with Gasteiger partial charge in [0.25, 0.3) is 0 Å². The van der Waals surface area contributed by atoms with Gasteiger partial charge in [-0.1, -0.05) is 6.42 Å². The van der Waals surface area contributed by atoms with Crippen molar-refractivity contribution in [3.05, 3.63) is 0 Å². The highest BCUT2D eigenvalue weighted by atomic mass is 16.3. The van der Waals surface area contributed by atoms with Crippen molar-refractivity contribution in [1.29, 1.82) is 0 Å². The van der Waals surface area contributed by atoms with Crippen LogP contribution < -0.4 is 0 Å². The van der Waals surface area contributed by atoms with E-state index in [0.717, 1.165) is 32.4 Å². The summed E-state index contributed by atoms with van der Waals surface area (Å²) >= 11 is 0. The van der Waals surface area contributed by atoms with Crippen molar-refractivity contribution in [3.8, 4) is 0 Å². The summed E-state index contributed by atoms with van der Waals surface area (Å²) in [5.41, 5.74) is -0.174. The Morgan fingerprint density at radius 1 is 1.26 bits per heavy atom. The van der Waals surface area contributed by atoms with Crippen molar-refractivity contribution >= 4 is 5.91 Å². The average Bonchev–Trinajstić information content (AvgIpc) is 3.02. The first kappa shape index (κ1) is 13.4. The first-order valence-electron chi connectivity index (χ1n) is 7.60. The number of likely N-dealkylation sites (N-methyl/N-ethyl adjacent to an activating group) is 1. The van der Waals surface area contributed by atoms with Crippen molar-refractivity contribution in [1.82, 2.24) is 9.80 Å². The van der Waals surface area contributed by atoms with E-state index in [4.69, 9.17) is 0 Å². The molecular weight excluding hydrogens is 240 g/mol. The topological polar surface area (TPSA) is 43.8 Å². The molecule has 2 saturated carbocycles. The quantitative estimate of drug-likeness (QED) is 0.831. The second kappa shape index (κ2) is 4.45. The number of carbonyl (C=O) groups is 1. The van der Waals surface area contributed by atoms with Gasteiger partial charge in [0.2, 0.25) is 5.91 Å². The van der Waals surface area contributed by atoms with E-state index >= 15 is 0 Å².